The number of nitrogens with two attached hydrogens (primary N) is 3. The number of amides is 1. The number of cyclic esters (lactones) is 1. The Morgan fingerprint density at radius 1 is 1.19 bits per heavy atom. The Morgan fingerprint density at radius 2 is 1.95 bits per heavy atom. The maximum atomic E-state index is 13.7. The Labute approximate surface area is 239 Å². The van der Waals surface area contributed by atoms with Gasteiger partial charge in [-0.3, -0.25) is 14.6 Å². The second-order valence-corrected chi connectivity index (χ2v) is 10.5. The number of aliphatic hydroxyl groups is 1. The zero-order valence-corrected chi connectivity index (χ0v) is 22.9. The van der Waals surface area contributed by atoms with Crippen molar-refractivity contribution in [3.05, 3.63) is 50.8 Å². The molecule has 220 valence electrons. The van der Waals surface area contributed by atoms with Crippen molar-refractivity contribution in [2.75, 3.05) is 13.3 Å². The topological polar surface area (TPSA) is 219 Å². The van der Waals surface area contributed by atoms with E-state index in [-0.39, 0.29) is 61.5 Å². The molecule has 1 amide bonds. The quantitative estimate of drug-likeness (QED) is 0.0799. The van der Waals surface area contributed by atoms with Gasteiger partial charge in [0, 0.05) is 35.7 Å². The van der Waals surface area contributed by atoms with Crippen LogP contribution in [0.5, 0.6) is 11.5 Å². The van der Waals surface area contributed by atoms with E-state index in [0.717, 1.165) is 11.1 Å². The number of fused-ring (bicyclic) bond motifs is 6. The predicted molar refractivity (Wildman–Crippen MR) is 150 cm³/mol. The van der Waals surface area contributed by atoms with Gasteiger partial charge in [-0.1, -0.05) is 6.92 Å². The molecule has 0 bridgehead atoms. The standard InChI is InChI=1S/C28H31N7O7/c1-2-28(39)17-7-20-23-15(10-35(20)25(37)16(17)11-40-26(28)38)14(9-33-24(36)18(29)4-3-5-32-27(30)31)13-6-21-22(42-12-41-21)8-19(13)34-23/h6-8,18,39H,2-5,9-12,29H2,1H3,(H,33,36)(H4,30,31,32)/t18-,28-/m0/s1. The number of nitrogens with zero attached hydrogens (tertiary/aromatic N) is 3. The van der Waals surface area contributed by atoms with Crippen molar-refractivity contribution in [2.45, 2.75) is 57.5 Å². The first kappa shape index (κ1) is 27.5. The van der Waals surface area contributed by atoms with Crippen LogP contribution in [-0.4, -0.2) is 51.9 Å². The second-order valence-electron chi connectivity index (χ2n) is 10.5. The minimum atomic E-state index is -1.94. The fourth-order valence-electron chi connectivity index (χ4n) is 5.71. The van der Waals surface area contributed by atoms with Crippen molar-refractivity contribution in [3.8, 4) is 22.9 Å². The number of benzene rings is 1. The van der Waals surface area contributed by atoms with Crippen LogP contribution in [0.4, 0.5) is 0 Å². The van der Waals surface area contributed by atoms with Gasteiger partial charge < -0.3 is 46.4 Å². The van der Waals surface area contributed by atoms with Crippen LogP contribution in [0.15, 0.2) is 28.0 Å². The molecule has 2 atom stereocenters. The van der Waals surface area contributed by atoms with Gasteiger partial charge in [-0.05, 0) is 37.0 Å². The normalized spacial score (nSPS) is 18.6. The van der Waals surface area contributed by atoms with Gasteiger partial charge in [0.1, 0.15) is 6.61 Å². The van der Waals surface area contributed by atoms with Gasteiger partial charge in [-0.25, -0.2) is 9.78 Å². The van der Waals surface area contributed by atoms with Crippen LogP contribution in [0.25, 0.3) is 22.3 Å². The highest BCUT2D eigenvalue weighted by molar-refractivity contribution is 5.92. The maximum Gasteiger partial charge on any atom is 0.343 e. The van der Waals surface area contributed by atoms with Crippen molar-refractivity contribution in [1.29, 1.82) is 0 Å². The van der Waals surface area contributed by atoms with E-state index in [2.05, 4.69) is 10.3 Å². The molecule has 0 unspecified atom stereocenters. The van der Waals surface area contributed by atoms with Gasteiger partial charge >= 0.3 is 5.97 Å². The molecule has 3 aliphatic rings. The monoisotopic (exact) mass is 577 g/mol. The summed E-state index contributed by atoms with van der Waals surface area (Å²) in [5, 5.41) is 14.8. The van der Waals surface area contributed by atoms with Crippen LogP contribution in [0, 0.1) is 0 Å². The Balaban J connectivity index is 1.41. The lowest BCUT2D eigenvalue weighted by atomic mass is 9.86. The molecule has 5 heterocycles. The summed E-state index contributed by atoms with van der Waals surface area (Å²) >= 11 is 0. The van der Waals surface area contributed by atoms with Gasteiger partial charge in [-0.15, -0.1) is 0 Å². The average molecular weight is 578 g/mol. The highest BCUT2D eigenvalue weighted by Crippen LogP contribution is 2.43. The van der Waals surface area contributed by atoms with Crippen LogP contribution in [0.1, 0.15) is 48.4 Å². The average Bonchev–Trinajstić information content (AvgIpc) is 3.58. The molecule has 0 spiro atoms. The Morgan fingerprint density at radius 3 is 2.69 bits per heavy atom. The van der Waals surface area contributed by atoms with Gasteiger partial charge in [0.15, 0.2) is 23.1 Å². The lowest BCUT2D eigenvalue weighted by molar-refractivity contribution is -0.172. The first-order valence-electron chi connectivity index (χ1n) is 13.6. The number of aliphatic imine (C=N–C) groups is 1. The highest BCUT2D eigenvalue weighted by Gasteiger charge is 2.45. The molecule has 3 aromatic rings. The van der Waals surface area contributed by atoms with Crippen LogP contribution in [-0.2, 0) is 39.6 Å². The number of carbonyl (C=O) groups excluding carboxylic acids is 2. The zero-order chi connectivity index (χ0) is 29.8. The number of hydrogen-bond donors (Lipinski definition) is 5. The largest absolute Gasteiger partial charge is 0.458 e. The molecule has 8 N–H and O–H groups in total. The van der Waals surface area contributed by atoms with E-state index in [1.54, 1.807) is 29.7 Å². The molecule has 0 saturated heterocycles. The van der Waals surface area contributed by atoms with E-state index < -0.39 is 17.6 Å². The van der Waals surface area contributed by atoms with Crippen LogP contribution in [0.3, 0.4) is 0 Å². The minimum Gasteiger partial charge on any atom is -0.458 e. The molecule has 0 radical (unpaired) electrons. The summed E-state index contributed by atoms with van der Waals surface area (Å²) in [6, 6.07) is 4.42. The van der Waals surface area contributed by atoms with E-state index in [9.17, 15) is 19.5 Å². The summed E-state index contributed by atoms with van der Waals surface area (Å²) in [6.45, 7) is 2.12. The molecular weight excluding hydrogens is 546 g/mol. The molecule has 0 saturated carbocycles. The fourth-order valence-corrected chi connectivity index (χ4v) is 5.71. The summed E-state index contributed by atoms with van der Waals surface area (Å²) in [7, 11) is 0. The molecule has 0 fully saturated rings. The molecule has 6 rings (SSSR count). The minimum absolute atomic E-state index is 0.0215. The second kappa shape index (κ2) is 10.3. The van der Waals surface area contributed by atoms with Crippen LogP contribution in [0.2, 0.25) is 0 Å². The first-order chi connectivity index (χ1) is 20.1. The Hall–Kier alpha value is -4.69. The predicted octanol–water partition coefficient (Wildman–Crippen LogP) is -0.195. The van der Waals surface area contributed by atoms with Crippen molar-refractivity contribution >= 4 is 28.7 Å². The summed E-state index contributed by atoms with van der Waals surface area (Å²) in [6.07, 6.45) is 0.944. The smallest absolute Gasteiger partial charge is 0.343 e. The van der Waals surface area contributed by atoms with E-state index in [1.165, 1.54) is 0 Å². The van der Waals surface area contributed by atoms with E-state index in [0.29, 0.717) is 53.2 Å². The summed E-state index contributed by atoms with van der Waals surface area (Å²) in [5.74, 6) is -0.105. The first-order valence-corrected chi connectivity index (χ1v) is 13.6. The third-order valence-electron chi connectivity index (χ3n) is 8.04. The highest BCUT2D eigenvalue weighted by atomic mass is 16.7. The number of pyridine rings is 2. The lowest BCUT2D eigenvalue weighted by Gasteiger charge is -2.31. The van der Waals surface area contributed by atoms with Crippen molar-refractivity contribution in [3.63, 3.8) is 0 Å². The number of ether oxygens (including phenoxy) is 3. The fraction of sp³-hybridized carbons (Fsp3) is 0.393. The van der Waals surface area contributed by atoms with Crippen LogP contribution >= 0.6 is 0 Å². The molecule has 42 heavy (non-hydrogen) atoms. The number of esters is 1. The van der Waals surface area contributed by atoms with E-state index >= 15 is 0 Å². The van der Waals surface area contributed by atoms with Crippen molar-refractivity contribution < 1.29 is 28.9 Å². The maximum absolute atomic E-state index is 13.7. The van der Waals surface area contributed by atoms with Crippen LogP contribution < -0.4 is 37.6 Å². The number of hydrogen-bond acceptors (Lipinski definition) is 10. The molecule has 0 aliphatic carbocycles. The molecule has 1 aromatic carbocycles. The third-order valence-corrected chi connectivity index (χ3v) is 8.04. The SMILES string of the molecule is CC[C@@]1(O)C(=O)OCc2c1cc1n(c2=O)Cc2c-1nc1cc3c(cc1c2CNC(=O)[C@@H](N)CCCN=C(N)N)OCO3. The van der Waals surface area contributed by atoms with Gasteiger partial charge in [-0.2, -0.15) is 0 Å². The summed E-state index contributed by atoms with van der Waals surface area (Å²) in [4.78, 5) is 47.9. The Kier molecular flexibility index (Phi) is 6.74. The molecule has 3 aliphatic heterocycles. The van der Waals surface area contributed by atoms with E-state index in [1.807, 2.05) is 0 Å². The van der Waals surface area contributed by atoms with Gasteiger partial charge in [0.25, 0.3) is 5.56 Å². The molecular formula is C28H31N7O7. The van der Waals surface area contributed by atoms with Crippen molar-refractivity contribution in [2.24, 2.45) is 22.2 Å². The number of guanidine groups is 1. The van der Waals surface area contributed by atoms with Gasteiger partial charge in [0.2, 0.25) is 12.7 Å². The van der Waals surface area contributed by atoms with Crippen molar-refractivity contribution in [1.82, 2.24) is 14.9 Å². The summed E-state index contributed by atoms with van der Waals surface area (Å²) in [5.41, 5.74) is 17.9. The van der Waals surface area contributed by atoms with Gasteiger partial charge in [0.05, 0.1) is 35.1 Å². The molecule has 14 heteroatoms. The lowest BCUT2D eigenvalue weighted by Crippen LogP contribution is -2.44. The Bertz CT molecular complexity index is 1730. The number of aromatic nitrogens is 2. The third kappa shape index (κ3) is 4.39. The number of carbonyl (C=O) groups is 2. The zero-order valence-electron chi connectivity index (χ0n) is 22.9. The number of rotatable bonds is 8. The summed E-state index contributed by atoms with van der Waals surface area (Å²) < 4.78 is 17.9. The molecule has 2 aromatic heterocycles. The molecule has 14 nitrogen and oxygen atoms in total. The van der Waals surface area contributed by atoms with E-state index in [4.69, 9.17) is 36.4 Å². The number of nitrogens with one attached hydrogen (secondary N) is 1.